The van der Waals surface area contributed by atoms with Crippen molar-refractivity contribution in [1.29, 1.82) is 0 Å². The van der Waals surface area contributed by atoms with Gasteiger partial charge in [0.1, 0.15) is 0 Å². The van der Waals surface area contributed by atoms with Crippen LogP contribution < -0.4 is 5.32 Å². The van der Waals surface area contributed by atoms with E-state index in [1.165, 1.54) is 30.4 Å². The molecule has 236 valence electrons. The number of hydrogen-bond acceptors (Lipinski definition) is 5. The Hall–Kier alpha value is -2.18. The molecule has 1 saturated heterocycles. The molecule has 1 aliphatic heterocycles. The number of ether oxygens (including phenoxy) is 1. The van der Waals surface area contributed by atoms with Crippen LogP contribution in [0.4, 0.5) is 0 Å². The van der Waals surface area contributed by atoms with Crippen molar-refractivity contribution in [3.63, 3.8) is 0 Å². The summed E-state index contributed by atoms with van der Waals surface area (Å²) in [6.07, 6.45) is 14.1. The third kappa shape index (κ3) is 5.83. The van der Waals surface area contributed by atoms with Crippen LogP contribution in [0, 0.1) is 34.5 Å². The molecule has 0 unspecified atom stereocenters. The highest BCUT2D eigenvalue weighted by atomic mass is 16.6. The van der Waals surface area contributed by atoms with Gasteiger partial charge in [-0.25, -0.2) is 0 Å². The smallest absolute Gasteiger partial charge is 0.260 e. The van der Waals surface area contributed by atoms with E-state index >= 15 is 0 Å². The van der Waals surface area contributed by atoms with Gasteiger partial charge in [-0.15, -0.1) is 0 Å². The summed E-state index contributed by atoms with van der Waals surface area (Å²) in [5, 5.41) is 18.3. The molecule has 0 radical (unpaired) electrons. The molecule has 6 heteroatoms. The minimum absolute atomic E-state index is 0.0112. The number of oxime groups is 1. The summed E-state index contributed by atoms with van der Waals surface area (Å²) in [7, 11) is 0. The predicted molar refractivity (Wildman–Crippen MR) is 171 cm³/mol. The number of allylic oxidation sites excluding steroid dienone is 2. The number of rotatable bonds is 8. The van der Waals surface area contributed by atoms with Crippen molar-refractivity contribution in [3.05, 3.63) is 47.5 Å². The van der Waals surface area contributed by atoms with Gasteiger partial charge < -0.3 is 20.0 Å². The van der Waals surface area contributed by atoms with Crippen molar-refractivity contribution in [1.82, 2.24) is 5.32 Å². The van der Waals surface area contributed by atoms with E-state index in [0.29, 0.717) is 24.3 Å². The van der Waals surface area contributed by atoms with Gasteiger partial charge in [-0.2, -0.15) is 0 Å². The Labute approximate surface area is 259 Å². The van der Waals surface area contributed by atoms with Gasteiger partial charge in [0.05, 0.1) is 17.9 Å². The van der Waals surface area contributed by atoms with Gasteiger partial charge in [0.15, 0.2) is 6.61 Å². The molecular weight excluding hydrogens is 536 g/mol. The molecule has 1 aromatic carbocycles. The van der Waals surface area contributed by atoms with Crippen LogP contribution in [0.25, 0.3) is 0 Å². The number of nitrogens with zero attached hydrogens (tertiary/aromatic N) is 1. The molecule has 6 nitrogen and oxygen atoms in total. The predicted octanol–water partition coefficient (Wildman–Crippen LogP) is 6.96. The zero-order chi connectivity index (χ0) is 30.2. The van der Waals surface area contributed by atoms with Gasteiger partial charge in [-0.1, -0.05) is 68.8 Å². The van der Waals surface area contributed by atoms with Gasteiger partial charge in [-0.3, -0.25) is 4.79 Å². The fourth-order valence-electron chi connectivity index (χ4n) is 10.1. The fraction of sp³-hybridized carbons (Fsp3) is 0.730. The fourth-order valence-corrected chi connectivity index (χ4v) is 10.1. The van der Waals surface area contributed by atoms with Crippen molar-refractivity contribution in [2.75, 3.05) is 19.8 Å². The van der Waals surface area contributed by atoms with E-state index in [1.54, 1.807) is 0 Å². The van der Waals surface area contributed by atoms with Crippen molar-refractivity contribution in [3.8, 4) is 0 Å². The third-order valence-corrected chi connectivity index (χ3v) is 12.9. The van der Waals surface area contributed by atoms with E-state index in [2.05, 4.69) is 74.6 Å². The monoisotopic (exact) mass is 590 g/mol. The number of amides is 1. The Morgan fingerprint density at radius 2 is 1.88 bits per heavy atom. The summed E-state index contributed by atoms with van der Waals surface area (Å²) >= 11 is 0. The lowest BCUT2D eigenvalue weighted by Crippen LogP contribution is -2.51. The van der Waals surface area contributed by atoms with Crippen LogP contribution in [0.2, 0.25) is 0 Å². The highest BCUT2D eigenvalue weighted by molar-refractivity contribution is 5.96. The maximum absolute atomic E-state index is 12.8. The SMILES string of the molecule is CC(C)[C@@H]1C[C@@](CCNC(=O)CO/N=C2\C=C3CC[C@H]4[C@@H]5CC[C@@H](O)[C@@]5(C)CC[C@@H]4[C@@]3(C)CC2)(c2ccccc2)CCO1. The first-order valence-electron chi connectivity index (χ1n) is 17.2. The summed E-state index contributed by atoms with van der Waals surface area (Å²) < 4.78 is 6.11. The molecule has 3 saturated carbocycles. The van der Waals surface area contributed by atoms with Crippen molar-refractivity contribution in [2.24, 2.45) is 39.7 Å². The molecule has 4 aliphatic carbocycles. The van der Waals surface area contributed by atoms with Gasteiger partial charge in [0, 0.05) is 18.6 Å². The molecule has 6 rings (SSSR count). The lowest BCUT2D eigenvalue weighted by Gasteiger charge is -2.57. The molecule has 43 heavy (non-hydrogen) atoms. The Kier molecular flexibility index (Phi) is 8.83. The molecule has 0 spiro atoms. The molecule has 4 fully saturated rings. The first-order valence-corrected chi connectivity index (χ1v) is 17.2. The number of hydrogen-bond donors (Lipinski definition) is 2. The number of aliphatic hydroxyl groups excluding tert-OH is 1. The Balaban J connectivity index is 1.02. The molecule has 1 aromatic rings. The number of aliphatic hydroxyl groups is 1. The van der Waals surface area contributed by atoms with E-state index in [0.717, 1.165) is 69.6 Å². The van der Waals surface area contributed by atoms with Crippen LogP contribution in [-0.4, -0.2) is 48.7 Å². The van der Waals surface area contributed by atoms with Gasteiger partial charge in [0.2, 0.25) is 0 Å². The van der Waals surface area contributed by atoms with Crippen molar-refractivity contribution in [2.45, 2.75) is 116 Å². The molecule has 2 N–H and O–H groups in total. The number of fused-ring (bicyclic) bond motifs is 5. The molecule has 1 amide bonds. The summed E-state index contributed by atoms with van der Waals surface area (Å²) in [6.45, 7) is 10.6. The zero-order valence-electron chi connectivity index (χ0n) is 26.9. The average molecular weight is 591 g/mol. The minimum Gasteiger partial charge on any atom is -0.393 e. The normalized spacial score (nSPS) is 39.9. The summed E-state index contributed by atoms with van der Waals surface area (Å²) in [4.78, 5) is 18.4. The Bertz CT molecular complexity index is 1210. The molecule has 5 aliphatic rings. The molecule has 0 bridgehead atoms. The number of carbonyl (C=O) groups is 1. The van der Waals surface area contributed by atoms with Gasteiger partial charge in [0.25, 0.3) is 5.91 Å². The summed E-state index contributed by atoms with van der Waals surface area (Å²) in [5.74, 6) is 2.46. The van der Waals surface area contributed by atoms with Crippen molar-refractivity contribution >= 4 is 11.6 Å². The van der Waals surface area contributed by atoms with E-state index in [1.807, 2.05) is 0 Å². The van der Waals surface area contributed by atoms with Crippen molar-refractivity contribution < 1.29 is 19.5 Å². The summed E-state index contributed by atoms with van der Waals surface area (Å²) in [5.41, 5.74) is 4.20. The van der Waals surface area contributed by atoms with E-state index in [-0.39, 0.29) is 41.0 Å². The topological polar surface area (TPSA) is 80.2 Å². The molecule has 0 aromatic heterocycles. The Morgan fingerprint density at radius 1 is 1.07 bits per heavy atom. The third-order valence-electron chi connectivity index (χ3n) is 12.9. The van der Waals surface area contributed by atoms with Crippen LogP contribution in [0.3, 0.4) is 0 Å². The van der Waals surface area contributed by atoms with Crippen LogP contribution in [-0.2, 0) is 19.8 Å². The minimum atomic E-state index is -0.119. The highest BCUT2D eigenvalue weighted by Crippen LogP contribution is 2.65. The lowest BCUT2D eigenvalue weighted by atomic mass is 9.47. The molecule has 1 heterocycles. The quantitative estimate of drug-likeness (QED) is 0.321. The second-order valence-corrected chi connectivity index (χ2v) is 15.3. The van der Waals surface area contributed by atoms with E-state index in [9.17, 15) is 9.90 Å². The highest BCUT2D eigenvalue weighted by Gasteiger charge is 2.58. The maximum atomic E-state index is 12.8. The largest absolute Gasteiger partial charge is 0.393 e. The number of nitrogens with one attached hydrogen (secondary N) is 1. The zero-order valence-corrected chi connectivity index (χ0v) is 26.9. The second kappa shape index (κ2) is 12.3. The van der Waals surface area contributed by atoms with E-state index < -0.39 is 0 Å². The number of benzene rings is 1. The maximum Gasteiger partial charge on any atom is 0.260 e. The number of carbonyl (C=O) groups excluding carboxylic acids is 1. The summed E-state index contributed by atoms with van der Waals surface area (Å²) in [6, 6.07) is 10.7. The van der Waals surface area contributed by atoms with Gasteiger partial charge in [-0.05, 0) is 117 Å². The van der Waals surface area contributed by atoms with Crippen LogP contribution in [0.15, 0.2) is 47.1 Å². The lowest BCUT2D eigenvalue weighted by molar-refractivity contribution is -0.125. The standard InChI is InChI=1S/C37H54N2O4/c1-25(2)32-23-37(19-21-42-32,26-8-6-5-7-9-26)18-20-38-34(41)24-43-39-28-14-16-35(3)27(22-28)10-11-29-30-12-13-33(40)36(30,4)17-15-31(29)35/h5-9,22,25,29-33,40H,10-21,23-24H2,1-4H3,(H,38,41)/b39-28-/t29-,30-,31-,32-,33+,35-,36-,37-/m0/s1. The van der Waals surface area contributed by atoms with Crippen LogP contribution in [0.5, 0.6) is 0 Å². The second-order valence-electron chi connectivity index (χ2n) is 15.3. The molecule has 8 atom stereocenters. The van der Waals surface area contributed by atoms with Gasteiger partial charge >= 0.3 is 0 Å². The van der Waals surface area contributed by atoms with Crippen LogP contribution in [0.1, 0.15) is 104 Å². The van der Waals surface area contributed by atoms with E-state index in [4.69, 9.17) is 9.57 Å². The Morgan fingerprint density at radius 3 is 2.67 bits per heavy atom. The molecular formula is C37H54N2O4. The first-order chi connectivity index (χ1) is 20.6. The van der Waals surface area contributed by atoms with Crippen LogP contribution >= 0.6 is 0 Å². The first kappa shape index (κ1) is 30.8. The average Bonchev–Trinajstić information content (AvgIpc) is 3.31.